The molecule has 0 amide bonds. The van der Waals surface area contributed by atoms with Gasteiger partial charge in [0.1, 0.15) is 23.5 Å². The fourth-order valence-electron chi connectivity index (χ4n) is 10.3. The van der Waals surface area contributed by atoms with Crippen molar-refractivity contribution in [2.45, 2.75) is 294 Å². The van der Waals surface area contributed by atoms with Gasteiger partial charge in [-0.15, -0.1) is 0 Å². The van der Waals surface area contributed by atoms with Gasteiger partial charge in [0.2, 0.25) is 0 Å². The molecule has 0 radical (unpaired) electrons. The van der Waals surface area contributed by atoms with E-state index in [0.29, 0.717) is 48.6 Å². The van der Waals surface area contributed by atoms with Crippen LogP contribution in [0.1, 0.15) is 282 Å². The maximum atomic E-state index is 11.6. The van der Waals surface area contributed by atoms with Gasteiger partial charge in [-0.05, 0) is 196 Å². The molecule has 6 unspecified atom stereocenters. The minimum absolute atomic E-state index is 0.000910. The van der Waals surface area contributed by atoms with Gasteiger partial charge in [0.05, 0.1) is 6.10 Å². The molecule has 1 N–H and O–H groups in total. The molecule has 0 aromatic carbocycles. The molecule has 0 spiro atoms. The second-order valence-electron chi connectivity index (χ2n) is 22.7. The Labute approximate surface area is 438 Å². The SMILES string of the molecule is CC(C)=CCC/C(C)=C/CC/C(C)=C/CC1CCCC1=O.CC(C)=CCC/C(C)=C/CC/C(C)=C/CC1CCCC1O.CCCCCC1C(=O)CCC1CC(C)=O.CCCCCCCCC1CCC(=O)O1. The molecule has 1 saturated heterocycles. The number of carbonyl (C=O) groups excluding carboxylic acids is 4. The summed E-state index contributed by atoms with van der Waals surface area (Å²) < 4.78 is 5.15. The van der Waals surface area contributed by atoms with Crippen molar-refractivity contribution >= 4 is 23.3 Å². The number of ether oxygens (including phenoxy) is 1. The van der Waals surface area contributed by atoms with Gasteiger partial charge in [-0.25, -0.2) is 0 Å². The van der Waals surface area contributed by atoms with E-state index in [1.165, 1.54) is 117 Å². The molecular formula is C65H110O6. The van der Waals surface area contributed by atoms with Crippen LogP contribution in [0.4, 0.5) is 0 Å². The van der Waals surface area contributed by atoms with Crippen LogP contribution in [0, 0.1) is 23.7 Å². The summed E-state index contributed by atoms with van der Waals surface area (Å²) in [4.78, 5) is 45.1. The molecule has 71 heavy (non-hydrogen) atoms. The smallest absolute Gasteiger partial charge is 0.306 e. The van der Waals surface area contributed by atoms with E-state index in [2.05, 4.69) is 106 Å². The zero-order chi connectivity index (χ0) is 52.8. The number of esters is 1. The molecule has 0 aromatic heterocycles. The van der Waals surface area contributed by atoms with Crippen molar-refractivity contribution in [3.63, 3.8) is 0 Å². The van der Waals surface area contributed by atoms with Crippen molar-refractivity contribution in [3.8, 4) is 0 Å². The number of unbranched alkanes of at least 4 members (excludes halogenated alkanes) is 7. The Morgan fingerprint density at radius 3 is 1.54 bits per heavy atom. The quantitative estimate of drug-likeness (QED) is 0.0455. The monoisotopic (exact) mass is 987 g/mol. The van der Waals surface area contributed by atoms with Crippen molar-refractivity contribution in [2.24, 2.45) is 23.7 Å². The molecule has 0 bridgehead atoms. The first kappa shape index (κ1) is 65.9. The van der Waals surface area contributed by atoms with Crippen molar-refractivity contribution in [1.82, 2.24) is 0 Å². The van der Waals surface area contributed by atoms with Gasteiger partial charge in [-0.1, -0.05) is 142 Å². The number of carbonyl (C=O) groups is 4. The van der Waals surface area contributed by atoms with E-state index in [1.54, 1.807) is 6.92 Å². The molecule has 4 aliphatic rings. The molecule has 6 atom stereocenters. The number of ketones is 3. The van der Waals surface area contributed by atoms with Crippen LogP contribution >= 0.6 is 0 Å². The molecule has 6 heteroatoms. The van der Waals surface area contributed by atoms with Gasteiger partial charge in [0.25, 0.3) is 0 Å². The lowest BCUT2D eigenvalue weighted by atomic mass is 9.87. The summed E-state index contributed by atoms with van der Waals surface area (Å²) in [7, 11) is 0. The third kappa shape index (κ3) is 34.8. The van der Waals surface area contributed by atoms with Gasteiger partial charge >= 0.3 is 5.97 Å². The number of hydrogen-bond acceptors (Lipinski definition) is 6. The predicted octanol–water partition coefficient (Wildman–Crippen LogP) is 18.7. The predicted molar refractivity (Wildman–Crippen MR) is 304 cm³/mol. The van der Waals surface area contributed by atoms with Gasteiger partial charge in [0, 0.05) is 37.5 Å². The summed E-state index contributed by atoms with van der Waals surface area (Å²) in [5, 5.41) is 9.83. The molecule has 1 aliphatic heterocycles. The van der Waals surface area contributed by atoms with E-state index in [0.717, 1.165) is 103 Å². The highest BCUT2D eigenvalue weighted by Crippen LogP contribution is 2.35. The number of Topliss-reactive ketones (excluding diaryl/α,β-unsaturated/α-hetero) is 3. The van der Waals surface area contributed by atoms with E-state index < -0.39 is 0 Å². The average molecular weight is 988 g/mol. The number of hydrogen-bond donors (Lipinski definition) is 1. The van der Waals surface area contributed by atoms with Crippen LogP contribution in [-0.4, -0.2) is 40.6 Å². The topological polar surface area (TPSA) is 97.7 Å². The van der Waals surface area contributed by atoms with Crippen LogP contribution in [0.15, 0.2) is 69.9 Å². The molecule has 3 aliphatic carbocycles. The first-order chi connectivity index (χ1) is 33.9. The van der Waals surface area contributed by atoms with Gasteiger partial charge in [-0.3, -0.25) is 14.4 Å². The average Bonchev–Trinajstić information content (AvgIpc) is 4.12. The molecular weight excluding hydrogens is 877 g/mol. The number of aliphatic hydroxyl groups excluding tert-OH is 1. The summed E-state index contributed by atoms with van der Waals surface area (Å²) in [6.45, 7) is 23.6. The fraction of sp³-hybridized carbons (Fsp3) is 0.754. The van der Waals surface area contributed by atoms with Crippen LogP contribution in [0.2, 0.25) is 0 Å². The Morgan fingerprint density at radius 2 is 1.04 bits per heavy atom. The largest absolute Gasteiger partial charge is 0.462 e. The van der Waals surface area contributed by atoms with Crippen LogP contribution in [-0.2, 0) is 23.9 Å². The standard InChI is InChI=1S/C20H34O.C20H32O.C13H22O2.C12H22O2/c2*1-16(2)8-5-9-17(3)10-6-11-18(4)14-15-19-12-7-13-20(19)21;1-3-4-5-6-12-11(9-10(2)14)7-8-13(12)15;1-2-3-4-5-6-7-8-11-9-10-12(13)14-11/h8,10,14,19-21H,5-7,9,11-13,15H2,1-4H3;8,10,14,19H,5-7,9,11-13,15H2,1-4H3;11-12H,3-9H2,1-2H3;11H,2-10H2,1H3/b2*17-10+,18-14+;;. The van der Waals surface area contributed by atoms with Gasteiger partial charge in [-0.2, -0.15) is 0 Å². The summed E-state index contributed by atoms with van der Waals surface area (Å²) >= 11 is 0. The van der Waals surface area contributed by atoms with Crippen molar-refractivity contribution in [1.29, 1.82) is 0 Å². The van der Waals surface area contributed by atoms with Gasteiger partial charge < -0.3 is 14.6 Å². The van der Waals surface area contributed by atoms with E-state index in [-0.39, 0.29) is 29.9 Å². The highest BCUT2D eigenvalue weighted by molar-refractivity contribution is 5.85. The molecule has 1 heterocycles. The lowest BCUT2D eigenvalue weighted by molar-refractivity contribution is -0.141. The Morgan fingerprint density at radius 1 is 0.521 bits per heavy atom. The second kappa shape index (κ2) is 41.3. The summed E-state index contributed by atoms with van der Waals surface area (Å²) in [5.41, 5.74) is 8.72. The summed E-state index contributed by atoms with van der Waals surface area (Å²) in [6, 6.07) is 0. The Balaban J connectivity index is 0.000000480. The van der Waals surface area contributed by atoms with Crippen LogP contribution in [0.5, 0.6) is 0 Å². The number of allylic oxidation sites excluding steroid dienone is 12. The number of rotatable bonds is 29. The third-order valence-electron chi connectivity index (χ3n) is 15.1. The maximum Gasteiger partial charge on any atom is 0.306 e. The molecule has 0 aromatic rings. The van der Waals surface area contributed by atoms with Crippen LogP contribution in [0.25, 0.3) is 0 Å². The number of cyclic esters (lactones) is 1. The first-order valence-electron chi connectivity index (χ1n) is 29.3. The van der Waals surface area contributed by atoms with Crippen molar-refractivity contribution in [3.05, 3.63) is 69.9 Å². The summed E-state index contributed by atoms with van der Waals surface area (Å²) in [5.74, 6) is 2.50. The Bertz CT molecular complexity index is 1680. The molecule has 406 valence electrons. The third-order valence-corrected chi connectivity index (χ3v) is 15.1. The molecule has 4 rings (SSSR count). The number of aliphatic hydroxyl groups is 1. The lowest BCUT2D eigenvalue weighted by Crippen LogP contribution is -2.17. The van der Waals surface area contributed by atoms with Crippen LogP contribution < -0.4 is 0 Å². The minimum Gasteiger partial charge on any atom is -0.462 e. The fourth-order valence-corrected chi connectivity index (χ4v) is 10.3. The van der Waals surface area contributed by atoms with Crippen molar-refractivity contribution < 1.29 is 29.0 Å². The van der Waals surface area contributed by atoms with Crippen molar-refractivity contribution in [2.75, 3.05) is 0 Å². The van der Waals surface area contributed by atoms with E-state index >= 15 is 0 Å². The van der Waals surface area contributed by atoms with E-state index in [9.17, 15) is 24.3 Å². The Hall–Kier alpha value is -3.12. The van der Waals surface area contributed by atoms with E-state index in [4.69, 9.17) is 4.74 Å². The van der Waals surface area contributed by atoms with Crippen LogP contribution in [0.3, 0.4) is 0 Å². The van der Waals surface area contributed by atoms with Gasteiger partial charge in [0.15, 0.2) is 0 Å². The van der Waals surface area contributed by atoms with E-state index in [1.807, 2.05) is 0 Å². The lowest BCUT2D eigenvalue weighted by Gasteiger charge is -2.16. The Kier molecular flexibility index (Phi) is 38.3. The molecule has 3 saturated carbocycles. The zero-order valence-corrected chi connectivity index (χ0v) is 48.0. The maximum absolute atomic E-state index is 11.6. The second-order valence-corrected chi connectivity index (χ2v) is 22.7. The first-order valence-corrected chi connectivity index (χ1v) is 29.3. The molecule has 4 fully saturated rings. The summed E-state index contributed by atoms with van der Waals surface area (Å²) in [6.07, 6.45) is 49.3. The highest BCUT2D eigenvalue weighted by atomic mass is 16.5. The molecule has 6 nitrogen and oxygen atoms in total. The normalized spacial score (nSPS) is 22.5. The zero-order valence-electron chi connectivity index (χ0n) is 48.0. The minimum atomic E-state index is -0.0498. The highest BCUT2D eigenvalue weighted by Gasteiger charge is 2.34.